The quantitative estimate of drug-likeness (QED) is 0.853. The second-order valence-corrected chi connectivity index (χ2v) is 4.20. The highest BCUT2D eigenvalue weighted by atomic mass is 16.5. The molecule has 0 amide bonds. The molecule has 1 aromatic heterocycles. The minimum absolute atomic E-state index is 0.541. The molecule has 3 rings (SSSR count). The Morgan fingerprint density at radius 3 is 3.06 bits per heavy atom. The molecule has 2 aromatic rings. The fourth-order valence-electron chi connectivity index (χ4n) is 2.04. The average Bonchev–Trinajstić information content (AvgIpc) is 2.81. The highest BCUT2D eigenvalue weighted by Gasteiger charge is 2.22. The first-order valence-electron chi connectivity index (χ1n) is 5.89. The van der Waals surface area contributed by atoms with E-state index in [0.717, 1.165) is 36.4 Å². The molecule has 17 heavy (non-hydrogen) atoms. The summed E-state index contributed by atoms with van der Waals surface area (Å²) in [5.74, 6) is 1.63. The van der Waals surface area contributed by atoms with E-state index in [-0.39, 0.29) is 0 Å². The SMILES string of the molecule is c1ccc(COc2noc3c2C[NH2+]CC3)cc1. The molecule has 4 heteroatoms. The second-order valence-electron chi connectivity index (χ2n) is 4.20. The highest BCUT2D eigenvalue weighted by Crippen LogP contribution is 2.23. The molecule has 88 valence electrons. The van der Waals surface area contributed by atoms with Crippen molar-refractivity contribution in [2.45, 2.75) is 19.6 Å². The van der Waals surface area contributed by atoms with Gasteiger partial charge in [-0.1, -0.05) is 30.3 Å². The van der Waals surface area contributed by atoms with Crippen LogP contribution in [0.2, 0.25) is 0 Å². The van der Waals surface area contributed by atoms with E-state index < -0.39 is 0 Å². The summed E-state index contributed by atoms with van der Waals surface area (Å²) in [7, 11) is 0. The largest absolute Gasteiger partial charge is 0.470 e. The monoisotopic (exact) mass is 231 g/mol. The normalized spacial score (nSPS) is 14.4. The van der Waals surface area contributed by atoms with E-state index in [4.69, 9.17) is 9.26 Å². The van der Waals surface area contributed by atoms with Gasteiger partial charge in [0.1, 0.15) is 18.7 Å². The highest BCUT2D eigenvalue weighted by molar-refractivity contribution is 5.28. The maximum absolute atomic E-state index is 5.71. The molecule has 0 saturated carbocycles. The van der Waals surface area contributed by atoms with Crippen molar-refractivity contribution in [1.29, 1.82) is 0 Å². The molecule has 1 aliphatic heterocycles. The van der Waals surface area contributed by atoms with Gasteiger partial charge in [-0.25, -0.2) is 0 Å². The Labute approximate surface area is 99.6 Å². The zero-order valence-corrected chi connectivity index (χ0v) is 9.56. The van der Waals surface area contributed by atoms with Crippen LogP contribution in [0.15, 0.2) is 34.9 Å². The van der Waals surface area contributed by atoms with Gasteiger partial charge in [0.2, 0.25) is 0 Å². The van der Waals surface area contributed by atoms with Gasteiger partial charge in [0, 0.05) is 0 Å². The molecule has 1 aliphatic rings. The number of fused-ring (bicyclic) bond motifs is 1. The van der Waals surface area contributed by atoms with E-state index in [1.807, 2.05) is 30.3 Å². The van der Waals surface area contributed by atoms with Crippen molar-refractivity contribution in [2.75, 3.05) is 6.54 Å². The predicted molar refractivity (Wildman–Crippen MR) is 61.5 cm³/mol. The smallest absolute Gasteiger partial charge is 0.263 e. The molecular formula is C13H15N2O2+. The number of quaternary nitrogens is 1. The van der Waals surface area contributed by atoms with Crippen LogP contribution in [0.4, 0.5) is 0 Å². The molecule has 0 atom stereocenters. The zero-order valence-electron chi connectivity index (χ0n) is 9.56. The third-order valence-corrected chi connectivity index (χ3v) is 2.98. The fraction of sp³-hybridized carbons (Fsp3) is 0.308. The summed E-state index contributed by atoms with van der Waals surface area (Å²) in [5.41, 5.74) is 2.26. The van der Waals surface area contributed by atoms with Crippen molar-refractivity contribution in [3.05, 3.63) is 47.2 Å². The van der Waals surface area contributed by atoms with Gasteiger partial charge < -0.3 is 14.6 Å². The first kappa shape index (κ1) is 10.4. The van der Waals surface area contributed by atoms with Crippen LogP contribution < -0.4 is 10.1 Å². The Balaban J connectivity index is 1.71. The summed E-state index contributed by atoms with van der Waals surface area (Å²) in [6, 6.07) is 10.1. The molecule has 0 aliphatic carbocycles. The number of nitrogens with zero attached hydrogens (tertiary/aromatic N) is 1. The second kappa shape index (κ2) is 4.59. The molecule has 0 unspecified atom stereocenters. The van der Waals surface area contributed by atoms with Gasteiger partial charge in [-0.3, -0.25) is 0 Å². The van der Waals surface area contributed by atoms with Gasteiger partial charge in [0.15, 0.2) is 5.76 Å². The lowest BCUT2D eigenvalue weighted by Gasteiger charge is -2.08. The maximum atomic E-state index is 5.71. The molecular weight excluding hydrogens is 216 g/mol. The van der Waals surface area contributed by atoms with Crippen molar-refractivity contribution in [2.24, 2.45) is 0 Å². The molecule has 2 N–H and O–H groups in total. The molecule has 0 saturated heterocycles. The zero-order chi connectivity index (χ0) is 11.5. The minimum atomic E-state index is 0.541. The van der Waals surface area contributed by atoms with E-state index >= 15 is 0 Å². The molecule has 4 nitrogen and oxygen atoms in total. The number of hydrogen-bond acceptors (Lipinski definition) is 3. The Morgan fingerprint density at radius 1 is 1.29 bits per heavy atom. The summed E-state index contributed by atoms with van der Waals surface area (Å²) in [6.45, 7) is 2.52. The standard InChI is InChI=1S/C13H14N2O2/c1-2-4-10(5-3-1)9-16-13-11-8-14-7-6-12(11)17-15-13/h1-5,14H,6-9H2/p+1. The lowest BCUT2D eigenvalue weighted by Crippen LogP contribution is -2.84. The van der Waals surface area contributed by atoms with Gasteiger partial charge in [0.25, 0.3) is 5.88 Å². The molecule has 2 heterocycles. The van der Waals surface area contributed by atoms with Crippen LogP contribution in [0.3, 0.4) is 0 Å². The van der Waals surface area contributed by atoms with Crippen molar-refractivity contribution in [3.63, 3.8) is 0 Å². The van der Waals surface area contributed by atoms with Crippen LogP contribution in [0.25, 0.3) is 0 Å². The Bertz CT molecular complexity index is 493. The molecule has 0 bridgehead atoms. The van der Waals surface area contributed by atoms with E-state index in [2.05, 4.69) is 10.5 Å². The van der Waals surface area contributed by atoms with E-state index in [1.54, 1.807) is 0 Å². The first-order chi connectivity index (χ1) is 8.43. The van der Waals surface area contributed by atoms with Gasteiger partial charge >= 0.3 is 0 Å². The Kier molecular flexibility index (Phi) is 2.80. The third-order valence-electron chi connectivity index (χ3n) is 2.98. The number of nitrogens with two attached hydrogens (primary N) is 1. The van der Waals surface area contributed by atoms with Crippen LogP contribution >= 0.6 is 0 Å². The Hall–Kier alpha value is -1.81. The van der Waals surface area contributed by atoms with E-state index in [0.29, 0.717) is 12.5 Å². The summed E-state index contributed by atoms with van der Waals surface area (Å²) in [6.07, 6.45) is 0.941. The molecule has 1 aromatic carbocycles. The van der Waals surface area contributed by atoms with Crippen molar-refractivity contribution >= 4 is 0 Å². The summed E-state index contributed by atoms with van der Waals surface area (Å²) in [4.78, 5) is 0. The molecule has 0 fully saturated rings. The van der Waals surface area contributed by atoms with Gasteiger partial charge in [-0.2, -0.15) is 0 Å². The summed E-state index contributed by atoms with van der Waals surface area (Å²) < 4.78 is 11.0. The van der Waals surface area contributed by atoms with Crippen LogP contribution in [-0.2, 0) is 19.6 Å². The van der Waals surface area contributed by atoms with Crippen LogP contribution in [0, 0.1) is 0 Å². The third kappa shape index (κ3) is 2.17. The number of hydrogen-bond donors (Lipinski definition) is 1. The van der Waals surface area contributed by atoms with Crippen molar-refractivity contribution < 1.29 is 14.6 Å². The van der Waals surface area contributed by atoms with Crippen LogP contribution in [-0.4, -0.2) is 11.7 Å². The number of aromatic nitrogens is 1. The summed E-state index contributed by atoms with van der Waals surface area (Å²) in [5, 5.41) is 6.24. The topological polar surface area (TPSA) is 51.9 Å². The minimum Gasteiger partial charge on any atom is -0.470 e. The predicted octanol–water partition coefficient (Wildman–Crippen LogP) is 0.873. The lowest BCUT2D eigenvalue weighted by atomic mass is 10.1. The number of rotatable bonds is 3. The maximum Gasteiger partial charge on any atom is 0.263 e. The van der Waals surface area contributed by atoms with Crippen LogP contribution in [0.1, 0.15) is 16.9 Å². The van der Waals surface area contributed by atoms with Crippen LogP contribution in [0.5, 0.6) is 5.88 Å². The number of benzene rings is 1. The molecule has 0 radical (unpaired) electrons. The fourth-order valence-corrected chi connectivity index (χ4v) is 2.04. The molecule has 0 spiro atoms. The van der Waals surface area contributed by atoms with Crippen molar-refractivity contribution in [3.8, 4) is 5.88 Å². The van der Waals surface area contributed by atoms with E-state index in [1.165, 1.54) is 0 Å². The summed E-state index contributed by atoms with van der Waals surface area (Å²) >= 11 is 0. The number of ether oxygens (including phenoxy) is 1. The Morgan fingerprint density at radius 2 is 2.18 bits per heavy atom. The first-order valence-corrected chi connectivity index (χ1v) is 5.89. The lowest BCUT2D eigenvalue weighted by molar-refractivity contribution is -0.673. The van der Waals surface area contributed by atoms with Gasteiger partial charge in [-0.15, -0.1) is 0 Å². The van der Waals surface area contributed by atoms with E-state index in [9.17, 15) is 0 Å². The van der Waals surface area contributed by atoms with Gasteiger partial charge in [-0.05, 0) is 10.7 Å². The van der Waals surface area contributed by atoms with Crippen molar-refractivity contribution in [1.82, 2.24) is 5.16 Å². The average molecular weight is 231 g/mol. The van der Waals surface area contributed by atoms with Gasteiger partial charge in [0.05, 0.1) is 13.0 Å².